The van der Waals surface area contributed by atoms with Gasteiger partial charge in [0.25, 0.3) is 11.7 Å². The maximum absolute atomic E-state index is 10.7. The van der Waals surface area contributed by atoms with Gasteiger partial charge in [-0.1, -0.05) is 20.8 Å². The van der Waals surface area contributed by atoms with Gasteiger partial charge < -0.3 is 14.8 Å². The molecule has 0 aliphatic carbocycles. The molecule has 1 atom stereocenters. The number of non-ortho nitro benzene ring substituents is 1. The molecule has 0 aliphatic heterocycles. The number of nitro groups is 1. The van der Waals surface area contributed by atoms with E-state index >= 15 is 0 Å². The first kappa shape index (κ1) is 15.2. The Morgan fingerprint density at radius 3 is 2.76 bits per heavy atom. The van der Waals surface area contributed by atoms with E-state index in [2.05, 4.69) is 10.3 Å². The Labute approximate surface area is 122 Å². The van der Waals surface area contributed by atoms with E-state index in [9.17, 15) is 10.1 Å². The summed E-state index contributed by atoms with van der Waals surface area (Å²) in [5.41, 5.74) is 0.809. The second-order valence-corrected chi connectivity index (χ2v) is 6.00. The van der Waals surface area contributed by atoms with Crippen LogP contribution in [0.1, 0.15) is 27.2 Å². The predicted octanol–water partition coefficient (Wildman–Crippen LogP) is 2.95. The van der Waals surface area contributed by atoms with Gasteiger partial charge in [-0.05, 0) is 17.9 Å². The van der Waals surface area contributed by atoms with Crippen LogP contribution in [0.25, 0.3) is 11.1 Å². The fraction of sp³-hybridized carbons (Fsp3) is 0.500. The van der Waals surface area contributed by atoms with Gasteiger partial charge in [0.2, 0.25) is 0 Å². The fourth-order valence-corrected chi connectivity index (χ4v) is 2.09. The molecule has 0 radical (unpaired) electrons. The third-order valence-corrected chi connectivity index (χ3v) is 3.34. The highest BCUT2D eigenvalue weighted by Crippen LogP contribution is 2.28. The van der Waals surface area contributed by atoms with Crippen molar-refractivity contribution in [3.63, 3.8) is 0 Å². The average Bonchev–Trinajstić information content (AvgIpc) is 2.78. The number of nitro benzene ring substituents is 1. The lowest BCUT2D eigenvalue weighted by Gasteiger charge is -2.30. The van der Waals surface area contributed by atoms with E-state index in [1.54, 1.807) is 0 Å². The number of oxazole rings is 1. The Bertz CT molecular complexity index is 645. The highest BCUT2D eigenvalue weighted by molar-refractivity contribution is 5.77. The zero-order valence-corrected chi connectivity index (χ0v) is 12.3. The molecule has 0 saturated heterocycles. The number of rotatable bonds is 5. The summed E-state index contributed by atoms with van der Waals surface area (Å²) in [5.74, 6) is 0. The number of fused-ring (bicyclic) bond motifs is 1. The van der Waals surface area contributed by atoms with E-state index in [4.69, 9.17) is 9.52 Å². The van der Waals surface area contributed by atoms with Crippen molar-refractivity contribution in [2.75, 3.05) is 11.9 Å². The van der Waals surface area contributed by atoms with Crippen molar-refractivity contribution in [3.8, 4) is 0 Å². The molecule has 0 saturated carbocycles. The minimum absolute atomic E-state index is 0.0226. The molecule has 21 heavy (non-hydrogen) atoms. The van der Waals surface area contributed by atoms with Crippen LogP contribution in [0.3, 0.4) is 0 Å². The van der Waals surface area contributed by atoms with Crippen LogP contribution in [-0.4, -0.2) is 27.7 Å². The fourth-order valence-electron chi connectivity index (χ4n) is 2.09. The molecule has 1 aromatic heterocycles. The van der Waals surface area contributed by atoms with Crippen LogP contribution in [0.15, 0.2) is 22.6 Å². The first-order valence-corrected chi connectivity index (χ1v) is 6.73. The maximum Gasteiger partial charge on any atom is 0.295 e. The lowest BCUT2D eigenvalue weighted by Crippen LogP contribution is -2.34. The zero-order valence-electron chi connectivity index (χ0n) is 12.3. The van der Waals surface area contributed by atoms with Gasteiger partial charge in [-0.2, -0.15) is 4.98 Å². The smallest absolute Gasteiger partial charge is 0.295 e. The molecule has 1 aromatic carbocycles. The zero-order chi connectivity index (χ0) is 15.6. The summed E-state index contributed by atoms with van der Waals surface area (Å²) in [5, 5.41) is 23.0. The summed E-state index contributed by atoms with van der Waals surface area (Å²) in [6.45, 7) is 6.20. The SMILES string of the molecule is CC(C)(C)C(CCO)Nc1nc2cc([N+](=O)[O-])ccc2o1. The van der Waals surface area contributed by atoms with Crippen molar-refractivity contribution in [2.24, 2.45) is 5.41 Å². The number of nitrogens with one attached hydrogen (secondary N) is 1. The van der Waals surface area contributed by atoms with Crippen LogP contribution in [0.2, 0.25) is 0 Å². The number of benzene rings is 1. The van der Waals surface area contributed by atoms with Gasteiger partial charge in [0.05, 0.1) is 4.92 Å². The summed E-state index contributed by atoms with van der Waals surface area (Å²) in [6, 6.07) is 4.57. The monoisotopic (exact) mass is 293 g/mol. The van der Waals surface area contributed by atoms with E-state index in [1.165, 1.54) is 18.2 Å². The molecule has 2 rings (SSSR count). The van der Waals surface area contributed by atoms with E-state index in [0.717, 1.165) is 0 Å². The Hall–Kier alpha value is -2.15. The van der Waals surface area contributed by atoms with Gasteiger partial charge in [0, 0.05) is 24.8 Å². The van der Waals surface area contributed by atoms with E-state index in [0.29, 0.717) is 23.5 Å². The quantitative estimate of drug-likeness (QED) is 0.649. The summed E-state index contributed by atoms with van der Waals surface area (Å²) < 4.78 is 5.55. The predicted molar refractivity (Wildman–Crippen MR) is 79.2 cm³/mol. The molecular weight excluding hydrogens is 274 g/mol. The van der Waals surface area contributed by atoms with Crippen LogP contribution in [0.4, 0.5) is 11.7 Å². The average molecular weight is 293 g/mol. The molecule has 7 heteroatoms. The number of hydrogen-bond acceptors (Lipinski definition) is 6. The van der Waals surface area contributed by atoms with Crippen molar-refractivity contribution < 1.29 is 14.4 Å². The summed E-state index contributed by atoms with van der Waals surface area (Å²) in [4.78, 5) is 14.5. The number of nitrogens with zero attached hydrogens (tertiary/aromatic N) is 2. The van der Waals surface area contributed by atoms with E-state index in [1.807, 2.05) is 20.8 Å². The third-order valence-electron chi connectivity index (χ3n) is 3.34. The topological polar surface area (TPSA) is 101 Å². The van der Waals surface area contributed by atoms with Crippen LogP contribution in [0, 0.1) is 15.5 Å². The maximum atomic E-state index is 10.7. The third kappa shape index (κ3) is 3.49. The van der Waals surface area contributed by atoms with Gasteiger partial charge >= 0.3 is 0 Å². The largest absolute Gasteiger partial charge is 0.424 e. The molecule has 0 spiro atoms. The Balaban J connectivity index is 2.28. The van der Waals surface area contributed by atoms with Gasteiger partial charge in [-0.15, -0.1) is 0 Å². The van der Waals surface area contributed by atoms with Crippen molar-refractivity contribution in [1.29, 1.82) is 0 Å². The Morgan fingerprint density at radius 1 is 1.48 bits per heavy atom. The molecule has 1 unspecified atom stereocenters. The minimum Gasteiger partial charge on any atom is -0.424 e. The highest BCUT2D eigenvalue weighted by atomic mass is 16.6. The Morgan fingerprint density at radius 2 is 2.19 bits per heavy atom. The number of anilines is 1. The molecule has 1 heterocycles. The first-order valence-electron chi connectivity index (χ1n) is 6.73. The summed E-state index contributed by atoms with van der Waals surface area (Å²) in [6.07, 6.45) is 0.558. The van der Waals surface area contributed by atoms with Crippen LogP contribution in [0.5, 0.6) is 0 Å². The number of hydrogen-bond donors (Lipinski definition) is 2. The lowest BCUT2D eigenvalue weighted by molar-refractivity contribution is -0.384. The lowest BCUT2D eigenvalue weighted by atomic mass is 9.85. The van der Waals surface area contributed by atoms with Gasteiger partial charge in [-0.25, -0.2) is 0 Å². The molecule has 7 nitrogen and oxygen atoms in total. The second-order valence-electron chi connectivity index (χ2n) is 6.00. The Kier molecular flexibility index (Phi) is 4.13. The van der Waals surface area contributed by atoms with E-state index < -0.39 is 4.92 Å². The standard InChI is InChI=1S/C14H19N3O4/c1-14(2,3)12(6-7-18)16-13-15-10-8-9(17(19)20)4-5-11(10)21-13/h4-5,8,12,18H,6-7H2,1-3H3,(H,15,16). The van der Waals surface area contributed by atoms with Gasteiger partial charge in [-0.3, -0.25) is 10.1 Å². The number of aromatic nitrogens is 1. The van der Waals surface area contributed by atoms with Crippen molar-refractivity contribution in [1.82, 2.24) is 4.98 Å². The summed E-state index contributed by atoms with van der Waals surface area (Å²) in [7, 11) is 0. The van der Waals surface area contributed by atoms with Crippen molar-refractivity contribution >= 4 is 22.8 Å². The highest BCUT2D eigenvalue weighted by Gasteiger charge is 2.25. The summed E-state index contributed by atoms with van der Waals surface area (Å²) >= 11 is 0. The molecule has 2 N–H and O–H groups in total. The molecular formula is C14H19N3O4. The van der Waals surface area contributed by atoms with E-state index in [-0.39, 0.29) is 23.8 Å². The molecule has 114 valence electrons. The van der Waals surface area contributed by atoms with Crippen LogP contribution >= 0.6 is 0 Å². The number of aliphatic hydroxyl groups excluding tert-OH is 1. The molecule has 0 aliphatic rings. The van der Waals surface area contributed by atoms with Crippen LogP contribution in [-0.2, 0) is 0 Å². The minimum atomic E-state index is -0.467. The van der Waals surface area contributed by atoms with Gasteiger partial charge in [0.1, 0.15) is 5.52 Å². The molecule has 0 bridgehead atoms. The second kappa shape index (κ2) is 5.69. The van der Waals surface area contributed by atoms with Crippen molar-refractivity contribution in [2.45, 2.75) is 33.2 Å². The molecule has 2 aromatic rings. The molecule has 0 amide bonds. The molecule has 0 fully saturated rings. The normalized spacial score (nSPS) is 13.3. The first-order chi connectivity index (χ1) is 9.81. The van der Waals surface area contributed by atoms with Crippen molar-refractivity contribution in [3.05, 3.63) is 28.3 Å². The van der Waals surface area contributed by atoms with Gasteiger partial charge in [0.15, 0.2) is 5.58 Å². The number of aliphatic hydroxyl groups is 1. The van der Waals surface area contributed by atoms with Crippen LogP contribution < -0.4 is 5.32 Å².